The molecule has 2 heteroatoms. The van der Waals surface area contributed by atoms with Crippen molar-refractivity contribution in [2.75, 3.05) is 6.61 Å². The van der Waals surface area contributed by atoms with E-state index in [9.17, 15) is 0 Å². The van der Waals surface area contributed by atoms with Gasteiger partial charge >= 0.3 is 0 Å². The van der Waals surface area contributed by atoms with Crippen molar-refractivity contribution >= 4 is 0 Å². The quantitative estimate of drug-likeness (QED) is 0.526. The Labute approximate surface area is 91.5 Å². The third-order valence-electron chi connectivity index (χ3n) is 1.98. The van der Waals surface area contributed by atoms with Gasteiger partial charge in [0, 0.05) is 13.0 Å². The summed E-state index contributed by atoms with van der Waals surface area (Å²) in [5.41, 5.74) is 1.20. The first kappa shape index (κ1) is 11.8. The Morgan fingerprint density at radius 2 is 2.00 bits per heavy atom. The third-order valence-corrected chi connectivity index (χ3v) is 1.98. The molecule has 0 saturated carbocycles. The summed E-state index contributed by atoms with van der Waals surface area (Å²) in [4.78, 5) is 0. The van der Waals surface area contributed by atoms with E-state index in [0.717, 1.165) is 12.2 Å². The summed E-state index contributed by atoms with van der Waals surface area (Å²) in [5.74, 6) is 0.738. The van der Waals surface area contributed by atoms with Gasteiger partial charge in [-0.3, -0.25) is 0 Å². The van der Waals surface area contributed by atoms with Crippen LogP contribution >= 0.6 is 0 Å². The van der Waals surface area contributed by atoms with Crippen molar-refractivity contribution in [3.63, 3.8) is 0 Å². The van der Waals surface area contributed by atoms with Crippen LogP contribution in [0.15, 0.2) is 42.7 Å². The minimum Gasteiger partial charge on any atom is -0.470 e. The van der Waals surface area contributed by atoms with Crippen LogP contribution in [-0.2, 0) is 15.9 Å². The average molecular weight is 206 g/mol. The molecule has 1 unspecified atom stereocenters. The predicted molar refractivity (Wildman–Crippen MR) is 61.5 cm³/mol. The second-order valence-corrected chi connectivity index (χ2v) is 3.34. The zero-order valence-corrected chi connectivity index (χ0v) is 9.40. The molecular weight excluding hydrogens is 188 g/mol. The average Bonchev–Trinajstić information content (AvgIpc) is 2.19. The topological polar surface area (TPSA) is 18.5 Å². The van der Waals surface area contributed by atoms with E-state index in [0.29, 0.717) is 6.61 Å². The minimum absolute atomic E-state index is 0.216. The van der Waals surface area contributed by atoms with Gasteiger partial charge in [-0.1, -0.05) is 36.9 Å². The summed E-state index contributed by atoms with van der Waals surface area (Å²) in [5, 5.41) is 0. The highest BCUT2D eigenvalue weighted by Crippen LogP contribution is 2.09. The molecule has 15 heavy (non-hydrogen) atoms. The molecule has 1 aromatic rings. The summed E-state index contributed by atoms with van der Waals surface area (Å²) >= 11 is 0. The summed E-state index contributed by atoms with van der Waals surface area (Å²) in [6.45, 7) is 8.34. The lowest BCUT2D eigenvalue weighted by Crippen LogP contribution is -2.12. The third kappa shape index (κ3) is 4.66. The number of rotatable bonds is 6. The number of hydrogen-bond acceptors (Lipinski definition) is 2. The van der Waals surface area contributed by atoms with Crippen LogP contribution in [0.1, 0.15) is 19.4 Å². The van der Waals surface area contributed by atoms with Crippen molar-refractivity contribution in [3.8, 4) is 0 Å². The molecule has 0 aromatic heterocycles. The standard InChI is InChI=1S/C13H18O2/c1-4-14-12(3)15-11(2)10-13-8-6-5-7-9-13/h5-9,12H,2,4,10H2,1,3H3. The fraction of sp³-hybridized carbons (Fsp3) is 0.385. The summed E-state index contributed by atoms with van der Waals surface area (Å²) < 4.78 is 10.7. The van der Waals surface area contributed by atoms with E-state index in [1.54, 1.807) is 0 Å². The lowest BCUT2D eigenvalue weighted by molar-refractivity contribution is -0.0997. The first-order valence-electron chi connectivity index (χ1n) is 5.22. The summed E-state index contributed by atoms with van der Waals surface area (Å²) in [7, 11) is 0. The maximum Gasteiger partial charge on any atom is 0.196 e. The van der Waals surface area contributed by atoms with E-state index < -0.39 is 0 Å². The van der Waals surface area contributed by atoms with Crippen LogP contribution in [0, 0.1) is 0 Å². The van der Waals surface area contributed by atoms with Crippen molar-refractivity contribution in [3.05, 3.63) is 48.2 Å². The highest BCUT2D eigenvalue weighted by Gasteiger charge is 2.04. The lowest BCUT2D eigenvalue weighted by atomic mass is 10.1. The molecule has 1 rings (SSSR count). The van der Waals surface area contributed by atoms with E-state index in [1.165, 1.54) is 5.56 Å². The van der Waals surface area contributed by atoms with Gasteiger partial charge in [-0.15, -0.1) is 0 Å². The van der Waals surface area contributed by atoms with Crippen LogP contribution in [0.5, 0.6) is 0 Å². The Morgan fingerprint density at radius 1 is 1.33 bits per heavy atom. The number of allylic oxidation sites excluding steroid dienone is 1. The monoisotopic (exact) mass is 206 g/mol. The van der Waals surface area contributed by atoms with Crippen LogP contribution in [0.4, 0.5) is 0 Å². The van der Waals surface area contributed by atoms with Crippen molar-refractivity contribution in [1.82, 2.24) is 0 Å². The van der Waals surface area contributed by atoms with E-state index in [4.69, 9.17) is 9.47 Å². The number of ether oxygens (including phenoxy) is 2. The minimum atomic E-state index is -0.216. The van der Waals surface area contributed by atoms with E-state index in [2.05, 4.69) is 18.7 Å². The van der Waals surface area contributed by atoms with Crippen molar-refractivity contribution in [2.45, 2.75) is 26.6 Å². The highest BCUT2D eigenvalue weighted by molar-refractivity contribution is 5.18. The van der Waals surface area contributed by atoms with Crippen LogP contribution < -0.4 is 0 Å². The molecule has 0 amide bonds. The normalized spacial score (nSPS) is 12.1. The fourth-order valence-electron chi connectivity index (χ4n) is 1.37. The fourth-order valence-corrected chi connectivity index (χ4v) is 1.37. The van der Waals surface area contributed by atoms with Crippen LogP contribution in [0.2, 0.25) is 0 Å². The molecule has 0 bridgehead atoms. The molecule has 1 atom stereocenters. The van der Waals surface area contributed by atoms with Crippen LogP contribution in [0.3, 0.4) is 0 Å². The van der Waals surface area contributed by atoms with Gasteiger partial charge < -0.3 is 9.47 Å². The molecule has 2 nitrogen and oxygen atoms in total. The van der Waals surface area contributed by atoms with Crippen molar-refractivity contribution in [2.24, 2.45) is 0 Å². The Morgan fingerprint density at radius 3 is 2.60 bits per heavy atom. The molecule has 0 N–H and O–H groups in total. The molecule has 82 valence electrons. The molecule has 1 aromatic carbocycles. The maximum absolute atomic E-state index is 5.48. The van der Waals surface area contributed by atoms with Gasteiger partial charge in [0.1, 0.15) is 0 Å². The van der Waals surface area contributed by atoms with E-state index >= 15 is 0 Å². The predicted octanol–water partition coefficient (Wildman–Crippen LogP) is 3.14. The van der Waals surface area contributed by atoms with Crippen LogP contribution in [0.25, 0.3) is 0 Å². The van der Waals surface area contributed by atoms with Gasteiger partial charge in [0.25, 0.3) is 0 Å². The first-order valence-corrected chi connectivity index (χ1v) is 5.22. The highest BCUT2D eigenvalue weighted by atomic mass is 16.7. The van der Waals surface area contributed by atoms with Gasteiger partial charge in [-0.2, -0.15) is 0 Å². The van der Waals surface area contributed by atoms with Gasteiger partial charge in [0.2, 0.25) is 0 Å². The molecule has 0 aliphatic heterocycles. The number of benzene rings is 1. The first-order chi connectivity index (χ1) is 7.22. The number of hydrogen-bond donors (Lipinski definition) is 0. The van der Waals surface area contributed by atoms with Crippen molar-refractivity contribution < 1.29 is 9.47 Å². The van der Waals surface area contributed by atoms with Gasteiger partial charge in [0.05, 0.1) is 5.76 Å². The molecule has 0 saturated heterocycles. The second kappa shape index (κ2) is 6.25. The van der Waals surface area contributed by atoms with Gasteiger partial charge in [0.15, 0.2) is 6.29 Å². The van der Waals surface area contributed by atoms with Gasteiger partial charge in [-0.05, 0) is 19.4 Å². The van der Waals surface area contributed by atoms with Crippen molar-refractivity contribution in [1.29, 1.82) is 0 Å². The Hall–Kier alpha value is -1.28. The molecule has 0 radical (unpaired) electrons. The molecule has 0 spiro atoms. The Bertz CT molecular complexity index is 293. The SMILES string of the molecule is C=C(Cc1ccccc1)OC(C)OCC. The largest absolute Gasteiger partial charge is 0.470 e. The zero-order chi connectivity index (χ0) is 11.1. The second-order valence-electron chi connectivity index (χ2n) is 3.34. The molecular formula is C13H18O2. The molecule has 0 aliphatic carbocycles. The summed E-state index contributed by atoms with van der Waals surface area (Å²) in [6.07, 6.45) is 0.518. The molecule has 0 aliphatic rings. The Kier molecular flexibility index (Phi) is 4.91. The smallest absolute Gasteiger partial charge is 0.196 e. The van der Waals surface area contributed by atoms with E-state index in [1.807, 2.05) is 32.0 Å². The Balaban J connectivity index is 2.36. The maximum atomic E-state index is 5.48. The molecule has 0 heterocycles. The molecule has 0 fully saturated rings. The lowest BCUT2D eigenvalue weighted by Gasteiger charge is -2.16. The zero-order valence-electron chi connectivity index (χ0n) is 9.40. The summed E-state index contributed by atoms with van der Waals surface area (Å²) in [6, 6.07) is 10.1. The van der Waals surface area contributed by atoms with Gasteiger partial charge in [-0.25, -0.2) is 0 Å². The van der Waals surface area contributed by atoms with Crippen LogP contribution in [-0.4, -0.2) is 12.9 Å². The van der Waals surface area contributed by atoms with E-state index in [-0.39, 0.29) is 6.29 Å².